The molecule has 1 aromatic heterocycles. The number of benzene rings is 1. The summed E-state index contributed by atoms with van der Waals surface area (Å²) in [7, 11) is 0. The molecule has 2 N–H and O–H groups in total. The molecule has 0 radical (unpaired) electrons. The van der Waals surface area contributed by atoms with E-state index in [9.17, 15) is 9.59 Å². The van der Waals surface area contributed by atoms with Crippen molar-refractivity contribution < 1.29 is 9.59 Å². The third kappa shape index (κ3) is 2.65. The van der Waals surface area contributed by atoms with Crippen LogP contribution in [0.2, 0.25) is 0 Å². The lowest BCUT2D eigenvalue weighted by molar-refractivity contribution is 0.101. The maximum Gasteiger partial charge on any atom is 0.274 e. The zero-order valence-electron chi connectivity index (χ0n) is 9.53. The van der Waals surface area contributed by atoms with Crippen molar-refractivity contribution in [3.8, 4) is 0 Å². The van der Waals surface area contributed by atoms with Crippen molar-refractivity contribution in [2.75, 3.05) is 5.32 Å². The van der Waals surface area contributed by atoms with E-state index in [-0.39, 0.29) is 11.7 Å². The lowest BCUT2D eigenvalue weighted by atomic mass is 10.1. The monoisotopic (exact) mass is 307 g/mol. The third-order valence-corrected chi connectivity index (χ3v) is 2.97. The molecule has 6 heteroatoms. The van der Waals surface area contributed by atoms with E-state index in [0.717, 1.165) is 0 Å². The number of carbonyl (C=O) groups is 2. The first-order valence-electron chi connectivity index (χ1n) is 5.19. The van der Waals surface area contributed by atoms with Crippen LogP contribution < -0.4 is 5.32 Å². The molecule has 5 nitrogen and oxygen atoms in total. The molecule has 2 rings (SSSR count). The maximum atomic E-state index is 11.8. The fourth-order valence-electron chi connectivity index (χ4n) is 1.41. The lowest BCUT2D eigenvalue weighted by Crippen LogP contribution is -2.13. The molecular weight excluding hydrogens is 298 g/mol. The van der Waals surface area contributed by atoms with Crippen molar-refractivity contribution in [3.05, 3.63) is 46.2 Å². The second kappa shape index (κ2) is 5.14. The van der Waals surface area contributed by atoms with Crippen LogP contribution in [0, 0.1) is 0 Å². The number of hydrogen-bond acceptors (Lipinski definition) is 3. The van der Waals surface area contributed by atoms with Crippen molar-refractivity contribution in [1.29, 1.82) is 0 Å². The molecule has 18 heavy (non-hydrogen) atoms. The summed E-state index contributed by atoms with van der Waals surface area (Å²) in [5, 5.41) is 9.04. The summed E-state index contributed by atoms with van der Waals surface area (Å²) in [6, 6.07) is 6.69. The second-order valence-corrected chi connectivity index (χ2v) is 4.53. The van der Waals surface area contributed by atoms with Crippen LogP contribution >= 0.6 is 15.9 Å². The van der Waals surface area contributed by atoms with Gasteiger partial charge in [-0.15, -0.1) is 0 Å². The van der Waals surface area contributed by atoms with Gasteiger partial charge in [-0.1, -0.05) is 0 Å². The van der Waals surface area contributed by atoms with Gasteiger partial charge in [-0.2, -0.15) is 5.10 Å². The Balaban J connectivity index is 2.13. The van der Waals surface area contributed by atoms with Gasteiger partial charge in [0.15, 0.2) is 5.78 Å². The minimum Gasteiger partial charge on any atom is -0.321 e. The first-order chi connectivity index (χ1) is 8.58. The Bertz CT molecular complexity index is 590. The molecule has 0 aliphatic heterocycles. The molecule has 0 aliphatic rings. The van der Waals surface area contributed by atoms with E-state index in [0.29, 0.717) is 21.4 Å². The first kappa shape index (κ1) is 12.5. The largest absolute Gasteiger partial charge is 0.321 e. The van der Waals surface area contributed by atoms with Gasteiger partial charge in [0, 0.05) is 11.3 Å². The molecule has 0 fully saturated rings. The minimum atomic E-state index is -0.296. The summed E-state index contributed by atoms with van der Waals surface area (Å²) in [6.07, 6.45) is 1.51. The average Bonchev–Trinajstić information content (AvgIpc) is 2.76. The molecular formula is C12H10BrN3O2. The van der Waals surface area contributed by atoms with Crippen molar-refractivity contribution in [2.45, 2.75) is 6.92 Å². The number of aromatic amines is 1. The summed E-state index contributed by atoms with van der Waals surface area (Å²) in [6.45, 7) is 1.50. The molecule has 0 spiro atoms. The van der Waals surface area contributed by atoms with Crippen molar-refractivity contribution in [1.82, 2.24) is 10.2 Å². The highest BCUT2D eigenvalue weighted by atomic mass is 79.9. The molecule has 0 atom stereocenters. The standard InChI is InChI=1S/C12H10BrN3O2/c1-7(17)8-2-4-9(5-3-8)15-12(18)11-10(13)6-14-16-11/h2-6H,1H3,(H,14,16)(H,15,18). The van der Waals surface area contributed by atoms with Crippen LogP contribution in [0.5, 0.6) is 0 Å². The number of carbonyl (C=O) groups excluding carboxylic acids is 2. The second-order valence-electron chi connectivity index (χ2n) is 3.68. The molecule has 1 aromatic carbocycles. The molecule has 92 valence electrons. The van der Waals surface area contributed by atoms with E-state index < -0.39 is 0 Å². The maximum absolute atomic E-state index is 11.8. The molecule has 1 amide bonds. The van der Waals surface area contributed by atoms with Gasteiger partial charge in [0.05, 0.1) is 10.7 Å². The van der Waals surface area contributed by atoms with Gasteiger partial charge in [-0.05, 0) is 47.1 Å². The zero-order valence-corrected chi connectivity index (χ0v) is 11.1. The van der Waals surface area contributed by atoms with Crippen LogP contribution in [0.4, 0.5) is 5.69 Å². The number of hydrogen-bond donors (Lipinski definition) is 2. The molecule has 0 bridgehead atoms. The Morgan fingerprint density at radius 2 is 1.94 bits per heavy atom. The van der Waals surface area contributed by atoms with Crippen LogP contribution in [0.15, 0.2) is 34.9 Å². The van der Waals surface area contributed by atoms with Gasteiger partial charge in [-0.25, -0.2) is 0 Å². The van der Waals surface area contributed by atoms with E-state index in [2.05, 4.69) is 31.4 Å². The van der Waals surface area contributed by atoms with E-state index in [1.165, 1.54) is 13.1 Å². The number of halogens is 1. The molecule has 0 unspecified atom stereocenters. The summed E-state index contributed by atoms with van der Waals surface area (Å²) >= 11 is 3.21. The molecule has 0 saturated heterocycles. The number of ketones is 1. The Morgan fingerprint density at radius 1 is 1.28 bits per heavy atom. The quantitative estimate of drug-likeness (QED) is 0.856. The molecule has 0 aliphatic carbocycles. The highest BCUT2D eigenvalue weighted by molar-refractivity contribution is 9.10. The topological polar surface area (TPSA) is 74.8 Å². The Labute approximate surface area is 112 Å². The van der Waals surface area contributed by atoms with Crippen molar-refractivity contribution >= 4 is 33.3 Å². The predicted molar refractivity (Wildman–Crippen MR) is 70.7 cm³/mol. The normalized spacial score (nSPS) is 10.1. The van der Waals surface area contributed by atoms with E-state index >= 15 is 0 Å². The van der Waals surface area contributed by atoms with Crippen LogP contribution in [0.3, 0.4) is 0 Å². The Hall–Kier alpha value is -1.95. The number of H-pyrrole nitrogens is 1. The van der Waals surface area contributed by atoms with E-state index in [1.807, 2.05) is 0 Å². The van der Waals surface area contributed by atoms with Crippen molar-refractivity contribution in [3.63, 3.8) is 0 Å². The SMILES string of the molecule is CC(=O)c1ccc(NC(=O)c2[nH]ncc2Br)cc1. The first-order valence-corrected chi connectivity index (χ1v) is 5.98. The summed E-state index contributed by atoms with van der Waals surface area (Å²) in [5.74, 6) is -0.306. The summed E-state index contributed by atoms with van der Waals surface area (Å²) < 4.78 is 0.598. The lowest BCUT2D eigenvalue weighted by Gasteiger charge is -2.04. The van der Waals surface area contributed by atoms with E-state index in [4.69, 9.17) is 0 Å². The molecule has 1 heterocycles. The van der Waals surface area contributed by atoms with Gasteiger partial charge >= 0.3 is 0 Å². The van der Waals surface area contributed by atoms with Gasteiger partial charge < -0.3 is 5.32 Å². The van der Waals surface area contributed by atoms with Crippen LogP contribution in [-0.2, 0) is 0 Å². The van der Waals surface area contributed by atoms with Crippen molar-refractivity contribution in [2.24, 2.45) is 0 Å². The average molecular weight is 308 g/mol. The fourth-order valence-corrected chi connectivity index (χ4v) is 1.78. The smallest absolute Gasteiger partial charge is 0.274 e. The third-order valence-electron chi connectivity index (χ3n) is 2.37. The Kier molecular flexibility index (Phi) is 3.57. The molecule has 0 saturated carbocycles. The number of rotatable bonds is 3. The number of nitrogens with zero attached hydrogens (tertiary/aromatic N) is 1. The highest BCUT2D eigenvalue weighted by Gasteiger charge is 2.12. The van der Waals surface area contributed by atoms with Gasteiger partial charge in [0.25, 0.3) is 5.91 Å². The minimum absolute atomic E-state index is 0.0100. The fraction of sp³-hybridized carbons (Fsp3) is 0.0833. The Morgan fingerprint density at radius 3 is 2.44 bits per heavy atom. The van der Waals surface area contributed by atoms with Crippen LogP contribution in [0.1, 0.15) is 27.8 Å². The summed E-state index contributed by atoms with van der Waals surface area (Å²) in [4.78, 5) is 22.9. The summed E-state index contributed by atoms with van der Waals surface area (Å²) in [5.41, 5.74) is 1.58. The number of aromatic nitrogens is 2. The molecule has 2 aromatic rings. The highest BCUT2D eigenvalue weighted by Crippen LogP contribution is 2.16. The number of anilines is 1. The van der Waals surface area contributed by atoms with Crippen LogP contribution in [0.25, 0.3) is 0 Å². The van der Waals surface area contributed by atoms with Gasteiger partial charge in [0.2, 0.25) is 0 Å². The van der Waals surface area contributed by atoms with Gasteiger partial charge in [0.1, 0.15) is 5.69 Å². The van der Waals surface area contributed by atoms with E-state index in [1.54, 1.807) is 24.3 Å². The predicted octanol–water partition coefficient (Wildman–Crippen LogP) is 2.63. The van der Waals surface area contributed by atoms with Crippen LogP contribution in [-0.4, -0.2) is 21.9 Å². The number of Topliss-reactive ketones (excluding diaryl/α,β-unsaturated/α-hetero) is 1. The zero-order chi connectivity index (χ0) is 13.1. The number of amides is 1. The number of nitrogens with one attached hydrogen (secondary N) is 2. The van der Waals surface area contributed by atoms with Gasteiger partial charge in [-0.3, -0.25) is 14.7 Å².